The molecule has 7 heteroatoms. The van der Waals surface area contributed by atoms with Gasteiger partial charge in [0.05, 0.1) is 0 Å². The maximum atomic E-state index is 12.7. The summed E-state index contributed by atoms with van der Waals surface area (Å²) in [7, 11) is 1.74. The molecule has 2 aliphatic rings. The summed E-state index contributed by atoms with van der Waals surface area (Å²) in [4.78, 5) is 33.3. The zero-order valence-corrected chi connectivity index (χ0v) is 22.3. The van der Waals surface area contributed by atoms with Crippen LogP contribution in [0.2, 0.25) is 0 Å². The van der Waals surface area contributed by atoms with Crippen LogP contribution in [0.15, 0.2) is 4.99 Å². The van der Waals surface area contributed by atoms with Gasteiger partial charge in [-0.05, 0) is 12.8 Å². The highest BCUT2D eigenvalue weighted by Crippen LogP contribution is 2.29. The van der Waals surface area contributed by atoms with Gasteiger partial charge in [0.1, 0.15) is 0 Å². The van der Waals surface area contributed by atoms with Gasteiger partial charge in [0.15, 0.2) is 17.4 Å². The molecule has 2 atom stereocenters. The summed E-state index contributed by atoms with van der Waals surface area (Å²) < 4.78 is 0. The molecule has 0 spiro atoms. The number of aliphatic imine (C=N–C) groups is 1. The van der Waals surface area contributed by atoms with E-state index in [9.17, 15) is 9.59 Å². The molecule has 0 aromatic rings. The average molecular weight is 481 g/mol. The zero-order chi connectivity index (χ0) is 23.9. The second kappa shape index (κ2) is 16.4. The van der Waals surface area contributed by atoms with Crippen molar-refractivity contribution in [1.29, 1.82) is 0 Å². The lowest BCUT2D eigenvalue weighted by atomic mass is 10.1. The van der Waals surface area contributed by atoms with Crippen LogP contribution in [-0.4, -0.2) is 58.5 Å². The normalized spacial score (nSPS) is 20.3. The first-order chi connectivity index (χ1) is 16.1. The number of amidine groups is 1. The Hall–Kier alpha value is -1.24. The van der Waals surface area contributed by atoms with E-state index in [0.717, 1.165) is 23.9 Å². The molecule has 2 rings (SSSR count). The van der Waals surface area contributed by atoms with Crippen molar-refractivity contribution in [2.45, 2.75) is 129 Å². The SMILES string of the molecule is CCCCCCCCCCCCN1C(SCCCCCCCC)=NC2C1C(=O)NC(=O)N2C. The maximum absolute atomic E-state index is 12.7. The summed E-state index contributed by atoms with van der Waals surface area (Å²) in [6.07, 6.45) is 20.2. The summed E-state index contributed by atoms with van der Waals surface area (Å²) in [6.45, 7) is 5.35. The Labute approximate surface area is 206 Å². The van der Waals surface area contributed by atoms with E-state index in [2.05, 4.69) is 24.1 Å². The van der Waals surface area contributed by atoms with Crippen LogP contribution in [0.1, 0.15) is 117 Å². The summed E-state index contributed by atoms with van der Waals surface area (Å²) in [5.41, 5.74) is 0. The van der Waals surface area contributed by atoms with E-state index in [4.69, 9.17) is 4.99 Å². The number of urea groups is 1. The van der Waals surface area contributed by atoms with Crippen LogP contribution in [0.3, 0.4) is 0 Å². The Balaban J connectivity index is 1.76. The molecule has 0 aromatic carbocycles. The number of hydrogen-bond donors (Lipinski definition) is 1. The predicted octanol–water partition coefficient (Wildman–Crippen LogP) is 6.55. The quantitative estimate of drug-likeness (QED) is 0.226. The molecule has 0 saturated carbocycles. The molecule has 1 saturated heterocycles. The molecule has 0 aromatic heterocycles. The number of hydrogen-bond acceptors (Lipinski definition) is 5. The minimum absolute atomic E-state index is 0.200. The Kier molecular flexibility index (Phi) is 13.9. The number of thioether (sulfide) groups is 1. The number of carbonyl (C=O) groups is 2. The molecule has 2 unspecified atom stereocenters. The number of fused-ring (bicyclic) bond motifs is 1. The van der Waals surface area contributed by atoms with Gasteiger partial charge in [-0.2, -0.15) is 0 Å². The predicted molar refractivity (Wildman–Crippen MR) is 141 cm³/mol. The molecule has 33 heavy (non-hydrogen) atoms. The van der Waals surface area contributed by atoms with Crippen LogP contribution in [0.25, 0.3) is 0 Å². The van der Waals surface area contributed by atoms with Crippen LogP contribution >= 0.6 is 11.8 Å². The third-order valence-electron chi connectivity index (χ3n) is 6.80. The number of unbranched alkanes of at least 4 members (excludes halogenated alkanes) is 14. The Bertz CT molecular complexity index is 613. The van der Waals surface area contributed by atoms with Gasteiger partial charge >= 0.3 is 6.03 Å². The van der Waals surface area contributed by atoms with Crippen molar-refractivity contribution in [3.05, 3.63) is 0 Å². The third-order valence-corrected chi connectivity index (χ3v) is 7.90. The number of nitrogens with zero attached hydrogens (tertiary/aromatic N) is 3. The first-order valence-electron chi connectivity index (χ1n) is 13.6. The molecule has 0 bridgehead atoms. The Morgan fingerprint density at radius 3 is 1.88 bits per heavy atom. The van der Waals surface area contributed by atoms with Gasteiger partial charge in [0.2, 0.25) is 0 Å². The number of rotatable bonds is 18. The number of likely N-dealkylation sites (N-methyl/N-ethyl adjacent to an activating group) is 1. The topological polar surface area (TPSA) is 65.0 Å². The Morgan fingerprint density at radius 2 is 1.30 bits per heavy atom. The van der Waals surface area contributed by atoms with Crippen molar-refractivity contribution in [3.63, 3.8) is 0 Å². The highest BCUT2D eigenvalue weighted by molar-refractivity contribution is 8.13. The highest BCUT2D eigenvalue weighted by Gasteiger charge is 2.48. The lowest BCUT2D eigenvalue weighted by Crippen LogP contribution is -2.63. The monoisotopic (exact) mass is 480 g/mol. The van der Waals surface area contributed by atoms with Crippen molar-refractivity contribution in [1.82, 2.24) is 15.1 Å². The molecule has 2 heterocycles. The largest absolute Gasteiger partial charge is 0.336 e. The second-order valence-electron chi connectivity index (χ2n) is 9.67. The van der Waals surface area contributed by atoms with Crippen molar-refractivity contribution < 1.29 is 9.59 Å². The van der Waals surface area contributed by atoms with E-state index in [0.29, 0.717) is 0 Å². The van der Waals surface area contributed by atoms with Gasteiger partial charge in [0.25, 0.3) is 5.91 Å². The van der Waals surface area contributed by atoms with Crippen molar-refractivity contribution in [2.24, 2.45) is 4.99 Å². The molecule has 3 amide bonds. The number of nitrogens with one attached hydrogen (secondary N) is 1. The molecule has 1 fully saturated rings. The zero-order valence-electron chi connectivity index (χ0n) is 21.4. The molecule has 190 valence electrons. The standard InChI is InChI=1S/C26H48N4O2S/c1-4-6-8-10-12-13-14-15-16-18-20-30-22-23(29(3)25(32)28-24(22)31)27-26(30)33-21-19-17-11-9-7-5-2/h22-23H,4-21H2,1-3H3,(H,28,31,32). The van der Waals surface area contributed by atoms with Gasteiger partial charge in [-0.1, -0.05) is 116 Å². The molecule has 0 radical (unpaired) electrons. The Morgan fingerprint density at radius 1 is 0.788 bits per heavy atom. The smallest absolute Gasteiger partial charge is 0.325 e. The van der Waals surface area contributed by atoms with Crippen LogP contribution in [0, 0.1) is 0 Å². The van der Waals surface area contributed by atoms with E-state index < -0.39 is 0 Å². The van der Waals surface area contributed by atoms with Gasteiger partial charge in [0, 0.05) is 19.3 Å². The van der Waals surface area contributed by atoms with Crippen LogP contribution in [0.5, 0.6) is 0 Å². The molecular weight excluding hydrogens is 432 g/mol. The summed E-state index contributed by atoms with van der Waals surface area (Å²) in [5, 5.41) is 3.46. The number of imide groups is 1. The van der Waals surface area contributed by atoms with E-state index in [1.165, 1.54) is 96.3 Å². The van der Waals surface area contributed by atoms with E-state index in [1.807, 2.05) is 0 Å². The number of carbonyl (C=O) groups excluding carboxylic acids is 2. The van der Waals surface area contributed by atoms with E-state index in [1.54, 1.807) is 23.7 Å². The molecule has 6 nitrogen and oxygen atoms in total. The molecule has 2 aliphatic heterocycles. The first kappa shape index (κ1) is 28.0. The van der Waals surface area contributed by atoms with E-state index >= 15 is 0 Å². The lowest BCUT2D eigenvalue weighted by Gasteiger charge is -2.36. The second-order valence-corrected chi connectivity index (χ2v) is 10.7. The summed E-state index contributed by atoms with van der Waals surface area (Å²) >= 11 is 1.77. The van der Waals surface area contributed by atoms with Crippen molar-refractivity contribution >= 4 is 28.9 Å². The van der Waals surface area contributed by atoms with Crippen molar-refractivity contribution in [2.75, 3.05) is 19.3 Å². The van der Waals surface area contributed by atoms with Gasteiger partial charge in [-0.15, -0.1) is 0 Å². The number of amides is 3. The molecular formula is C26H48N4O2S. The molecule has 0 aliphatic carbocycles. The fraction of sp³-hybridized carbons (Fsp3) is 0.885. The minimum atomic E-state index is -0.388. The molecule has 1 N–H and O–H groups in total. The fourth-order valence-electron chi connectivity index (χ4n) is 4.67. The highest BCUT2D eigenvalue weighted by atomic mass is 32.2. The lowest BCUT2D eigenvalue weighted by molar-refractivity contribution is -0.127. The fourth-order valence-corrected chi connectivity index (χ4v) is 5.76. The van der Waals surface area contributed by atoms with Crippen LogP contribution < -0.4 is 5.32 Å². The maximum Gasteiger partial charge on any atom is 0.325 e. The van der Waals surface area contributed by atoms with Crippen LogP contribution in [-0.2, 0) is 4.79 Å². The minimum Gasteiger partial charge on any atom is -0.336 e. The summed E-state index contributed by atoms with van der Waals surface area (Å²) in [5.74, 6) is 0.826. The third kappa shape index (κ3) is 9.50. The van der Waals surface area contributed by atoms with Gasteiger partial charge < -0.3 is 9.80 Å². The first-order valence-corrected chi connectivity index (χ1v) is 14.6. The van der Waals surface area contributed by atoms with Gasteiger partial charge in [-0.3, -0.25) is 10.1 Å². The van der Waals surface area contributed by atoms with Crippen LogP contribution in [0.4, 0.5) is 4.79 Å². The van der Waals surface area contributed by atoms with E-state index in [-0.39, 0.29) is 24.1 Å². The van der Waals surface area contributed by atoms with Gasteiger partial charge in [-0.25, -0.2) is 9.79 Å². The van der Waals surface area contributed by atoms with Crippen molar-refractivity contribution in [3.8, 4) is 0 Å². The average Bonchev–Trinajstić information content (AvgIpc) is 3.17. The summed E-state index contributed by atoms with van der Waals surface area (Å²) in [6, 6.07) is -0.718.